The van der Waals surface area contributed by atoms with Gasteiger partial charge in [0.05, 0.1) is 11.8 Å². The normalized spacial score (nSPS) is 10.3. The molecule has 0 fully saturated rings. The van der Waals surface area contributed by atoms with Crippen molar-refractivity contribution in [3.05, 3.63) is 17.7 Å². The van der Waals surface area contributed by atoms with Crippen LogP contribution in [0.5, 0.6) is 17.2 Å². The lowest BCUT2D eigenvalue weighted by Gasteiger charge is -2.03. The van der Waals surface area contributed by atoms with Gasteiger partial charge in [0, 0.05) is 12.1 Å². The Kier molecular flexibility index (Phi) is 3.51. The molecule has 0 saturated carbocycles. The van der Waals surface area contributed by atoms with Crippen LogP contribution in [0.1, 0.15) is 5.56 Å². The molecule has 86 valence electrons. The number of phenols is 3. The molecule has 0 spiro atoms. The maximum absolute atomic E-state index is 10.6. The van der Waals surface area contributed by atoms with Gasteiger partial charge >= 0.3 is 6.03 Å². The van der Waals surface area contributed by atoms with Gasteiger partial charge in [-0.15, -0.1) is 0 Å². The lowest BCUT2D eigenvalue weighted by Crippen LogP contribution is -2.37. The Morgan fingerprint density at radius 1 is 1.31 bits per heavy atom. The number of hydrazine groups is 1. The number of benzene rings is 1. The van der Waals surface area contributed by atoms with Crippen molar-refractivity contribution in [2.75, 3.05) is 0 Å². The molecule has 8 nitrogen and oxygen atoms in total. The highest BCUT2D eigenvalue weighted by Gasteiger charge is 2.07. The molecule has 1 rings (SSSR count). The third kappa shape index (κ3) is 2.75. The largest absolute Gasteiger partial charge is 0.508 e. The topological polar surface area (TPSA) is 140 Å². The summed E-state index contributed by atoms with van der Waals surface area (Å²) in [4.78, 5) is 10.6. The molecule has 0 aliphatic carbocycles. The van der Waals surface area contributed by atoms with Crippen LogP contribution < -0.4 is 16.7 Å². The Balaban J connectivity index is 2.85. The molecule has 1 aromatic carbocycles. The number of rotatable bonds is 2. The van der Waals surface area contributed by atoms with E-state index in [1.807, 2.05) is 5.43 Å². The molecule has 0 aliphatic heterocycles. The molecule has 0 bridgehead atoms. The summed E-state index contributed by atoms with van der Waals surface area (Å²) in [6, 6.07) is 1.28. The van der Waals surface area contributed by atoms with Crippen LogP contribution in [0.15, 0.2) is 17.2 Å². The monoisotopic (exact) mass is 226 g/mol. The molecular weight excluding hydrogens is 216 g/mol. The number of nitrogens with one attached hydrogen (secondary N) is 2. The Hall–Kier alpha value is -2.48. The summed E-state index contributed by atoms with van der Waals surface area (Å²) in [6.07, 6.45) is 0.999. The van der Waals surface area contributed by atoms with Crippen molar-refractivity contribution in [1.29, 1.82) is 0 Å². The number of hydrogen-bond donors (Lipinski definition) is 6. The summed E-state index contributed by atoms with van der Waals surface area (Å²) in [5.41, 5.74) is 3.67. The molecule has 2 amide bonds. The van der Waals surface area contributed by atoms with Crippen molar-refractivity contribution in [2.45, 2.75) is 0 Å². The van der Waals surface area contributed by atoms with Gasteiger partial charge in [0.25, 0.3) is 0 Å². The van der Waals surface area contributed by atoms with E-state index in [-0.39, 0.29) is 22.8 Å². The highest BCUT2D eigenvalue weighted by Crippen LogP contribution is 2.30. The molecule has 0 atom stereocenters. The van der Waals surface area contributed by atoms with Crippen molar-refractivity contribution in [1.82, 2.24) is 10.9 Å². The molecule has 8 heteroatoms. The number of hydrogen-bond acceptors (Lipinski definition) is 6. The van der Waals surface area contributed by atoms with Crippen molar-refractivity contribution in [3.63, 3.8) is 0 Å². The molecule has 0 unspecified atom stereocenters. The predicted molar refractivity (Wildman–Crippen MR) is 54.9 cm³/mol. The molecule has 1 aromatic rings. The molecule has 0 saturated heterocycles. The fraction of sp³-hybridized carbons (Fsp3) is 0. The van der Waals surface area contributed by atoms with Crippen LogP contribution in [0, 0.1) is 0 Å². The van der Waals surface area contributed by atoms with E-state index in [0.717, 1.165) is 18.3 Å². The van der Waals surface area contributed by atoms with E-state index >= 15 is 0 Å². The zero-order valence-electron chi connectivity index (χ0n) is 8.01. The standard InChI is InChI=1S/C8H10N4O4/c9-11-8(16)12-10-3-5-6(14)1-4(13)2-7(5)15/h1-3,13-15H,9H2,(H2,11,12,16). The average Bonchev–Trinajstić information content (AvgIpc) is 2.21. The minimum atomic E-state index is -0.756. The second-order valence-electron chi connectivity index (χ2n) is 2.74. The van der Waals surface area contributed by atoms with Gasteiger partial charge in [-0.25, -0.2) is 16.1 Å². The van der Waals surface area contributed by atoms with Crippen molar-refractivity contribution >= 4 is 12.2 Å². The van der Waals surface area contributed by atoms with Gasteiger partial charge in [0.1, 0.15) is 17.2 Å². The third-order valence-electron chi connectivity index (χ3n) is 1.61. The van der Waals surface area contributed by atoms with Gasteiger partial charge in [0.15, 0.2) is 0 Å². The van der Waals surface area contributed by atoms with E-state index in [1.165, 1.54) is 0 Å². The number of nitrogens with two attached hydrogens (primary N) is 1. The van der Waals surface area contributed by atoms with Crippen LogP contribution >= 0.6 is 0 Å². The number of carbonyl (C=O) groups excluding carboxylic acids is 1. The number of hydrazone groups is 1. The number of amides is 2. The minimum Gasteiger partial charge on any atom is -0.508 e. The van der Waals surface area contributed by atoms with Gasteiger partial charge in [-0.2, -0.15) is 5.10 Å². The summed E-state index contributed by atoms with van der Waals surface area (Å²) in [5, 5.41) is 31.1. The second-order valence-corrected chi connectivity index (χ2v) is 2.74. The van der Waals surface area contributed by atoms with E-state index in [4.69, 9.17) is 10.9 Å². The first-order valence-electron chi connectivity index (χ1n) is 4.09. The van der Waals surface area contributed by atoms with Crippen LogP contribution in [0.2, 0.25) is 0 Å². The highest BCUT2D eigenvalue weighted by atomic mass is 16.3. The Morgan fingerprint density at radius 3 is 2.38 bits per heavy atom. The quantitative estimate of drug-likeness (QED) is 0.171. The maximum Gasteiger partial charge on any atom is 0.349 e. The number of nitrogens with zero attached hydrogens (tertiary/aromatic N) is 1. The number of phenolic OH excluding ortho intramolecular Hbond substituents is 3. The van der Waals surface area contributed by atoms with Gasteiger partial charge in [-0.05, 0) is 0 Å². The Labute approximate surface area is 90.0 Å². The lowest BCUT2D eigenvalue weighted by molar-refractivity contribution is 0.241. The van der Waals surface area contributed by atoms with E-state index in [9.17, 15) is 15.0 Å². The molecule has 16 heavy (non-hydrogen) atoms. The van der Waals surface area contributed by atoms with E-state index in [0.29, 0.717) is 0 Å². The van der Waals surface area contributed by atoms with Gasteiger partial charge in [-0.3, -0.25) is 5.43 Å². The fourth-order valence-electron chi connectivity index (χ4n) is 0.929. The van der Waals surface area contributed by atoms with E-state index in [2.05, 4.69) is 5.10 Å². The SMILES string of the molecule is NNC(=O)NN=Cc1c(O)cc(O)cc1O. The molecule has 0 heterocycles. The zero-order valence-corrected chi connectivity index (χ0v) is 8.01. The molecule has 0 aliphatic rings. The van der Waals surface area contributed by atoms with Crippen LogP contribution in [-0.4, -0.2) is 27.6 Å². The Morgan fingerprint density at radius 2 is 1.88 bits per heavy atom. The van der Waals surface area contributed by atoms with Crippen LogP contribution in [0.4, 0.5) is 4.79 Å². The van der Waals surface area contributed by atoms with Crippen molar-refractivity contribution < 1.29 is 20.1 Å². The van der Waals surface area contributed by atoms with Crippen molar-refractivity contribution in [3.8, 4) is 17.2 Å². The molecule has 0 radical (unpaired) electrons. The van der Waals surface area contributed by atoms with Crippen molar-refractivity contribution in [2.24, 2.45) is 10.9 Å². The number of urea groups is 1. The van der Waals surface area contributed by atoms with Gasteiger partial charge in [0.2, 0.25) is 0 Å². The average molecular weight is 226 g/mol. The summed E-state index contributed by atoms with van der Waals surface area (Å²) in [7, 11) is 0. The third-order valence-corrected chi connectivity index (χ3v) is 1.61. The summed E-state index contributed by atoms with van der Waals surface area (Å²) in [6.45, 7) is 0. The first-order valence-corrected chi connectivity index (χ1v) is 4.09. The molecule has 0 aromatic heterocycles. The fourth-order valence-corrected chi connectivity index (χ4v) is 0.929. The number of carbonyl (C=O) groups is 1. The minimum absolute atomic E-state index is 0.0462. The van der Waals surface area contributed by atoms with Crippen LogP contribution in [0.25, 0.3) is 0 Å². The van der Waals surface area contributed by atoms with Crippen LogP contribution in [0.3, 0.4) is 0 Å². The first kappa shape index (κ1) is 11.6. The molecule has 7 N–H and O–H groups in total. The van der Waals surface area contributed by atoms with E-state index < -0.39 is 6.03 Å². The predicted octanol–water partition coefficient (Wildman–Crippen LogP) is -0.690. The smallest absolute Gasteiger partial charge is 0.349 e. The molecular formula is C8H10N4O4. The summed E-state index contributed by atoms with van der Waals surface area (Å²) in [5.74, 6) is 3.71. The highest BCUT2D eigenvalue weighted by molar-refractivity contribution is 5.88. The van der Waals surface area contributed by atoms with E-state index in [1.54, 1.807) is 5.43 Å². The van der Waals surface area contributed by atoms with Gasteiger partial charge < -0.3 is 15.3 Å². The zero-order chi connectivity index (χ0) is 12.1. The maximum atomic E-state index is 10.6. The van der Waals surface area contributed by atoms with Gasteiger partial charge in [-0.1, -0.05) is 0 Å². The lowest BCUT2D eigenvalue weighted by atomic mass is 10.2. The Bertz CT molecular complexity index is 409. The second kappa shape index (κ2) is 4.84. The van der Waals surface area contributed by atoms with Crippen LogP contribution in [-0.2, 0) is 0 Å². The number of aromatic hydroxyl groups is 3. The first-order chi connectivity index (χ1) is 7.54. The summed E-state index contributed by atoms with van der Waals surface area (Å²) >= 11 is 0. The summed E-state index contributed by atoms with van der Waals surface area (Å²) < 4.78 is 0.